The topological polar surface area (TPSA) is 90.6 Å². The number of carbonyl (C=O) groups excluding carboxylic acids is 2. The third-order valence-corrected chi connectivity index (χ3v) is 5.23. The van der Waals surface area contributed by atoms with Gasteiger partial charge in [0, 0.05) is 26.6 Å². The van der Waals surface area contributed by atoms with Crippen molar-refractivity contribution in [2.75, 3.05) is 26.7 Å². The molecule has 144 valence electrons. The molecule has 3 heterocycles. The number of rotatable bonds is 2. The van der Waals surface area contributed by atoms with Gasteiger partial charge in [-0.2, -0.15) is 0 Å². The van der Waals surface area contributed by atoms with Crippen molar-refractivity contribution in [2.45, 2.75) is 31.4 Å². The number of carbonyl (C=O) groups is 2. The molecule has 2 aromatic rings. The quantitative estimate of drug-likeness (QED) is 0.842. The molecule has 8 nitrogen and oxygen atoms in total. The number of benzene rings is 1. The monoisotopic (exact) mass is 375 g/mol. The molecule has 1 atom stereocenters. The van der Waals surface area contributed by atoms with Gasteiger partial charge in [-0.3, -0.25) is 0 Å². The predicted octanol–water partition coefficient (Wildman–Crippen LogP) is 2.22. The van der Waals surface area contributed by atoms with Crippen LogP contribution in [0.25, 0.3) is 11.0 Å². The second-order valence-electron chi connectivity index (χ2n) is 7.25. The first kappa shape index (κ1) is 17.6. The van der Waals surface area contributed by atoms with Crippen LogP contribution in [0.15, 0.2) is 18.2 Å². The maximum Gasteiger partial charge on any atom is 0.410 e. The van der Waals surface area contributed by atoms with Crippen molar-refractivity contribution in [1.82, 2.24) is 25.1 Å². The number of H-pyrrole nitrogens is 1. The molecule has 9 heteroatoms. The van der Waals surface area contributed by atoms with Gasteiger partial charge >= 0.3 is 12.1 Å². The van der Waals surface area contributed by atoms with Crippen LogP contribution in [-0.4, -0.2) is 64.2 Å². The number of nitrogens with zero attached hydrogens (tertiary/aromatic N) is 3. The molecule has 2 aliphatic rings. The minimum absolute atomic E-state index is 0.184. The van der Waals surface area contributed by atoms with Crippen LogP contribution in [0.4, 0.5) is 14.0 Å². The third-order valence-electron chi connectivity index (χ3n) is 5.23. The van der Waals surface area contributed by atoms with Gasteiger partial charge in [0.25, 0.3) is 0 Å². The van der Waals surface area contributed by atoms with Crippen LogP contribution in [-0.2, 0) is 11.3 Å². The fraction of sp³-hybridized carbons (Fsp3) is 0.500. The summed E-state index contributed by atoms with van der Waals surface area (Å²) in [6.45, 7) is 1.93. The lowest BCUT2D eigenvalue weighted by Gasteiger charge is -2.25. The van der Waals surface area contributed by atoms with Crippen molar-refractivity contribution in [2.24, 2.45) is 0 Å². The molecule has 2 aliphatic heterocycles. The number of urea groups is 1. The molecule has 1 aromatic heterocycles. The molecule has 3 amide bonds. The van der Waals surface area contributed by atoms with Crippen LogP contribution in [0.1, 0.15) is 25.1 Å². The summed E-state index contributed by atoms with van der Waals surface area (Å²) in [6.07, 6.45) is 1.86. The number of aromatic nitrogens is 2. The molecule has 0 saturated carbocycles. The number of imidazole rings is 1. The standard InChI is InChI=1S/C18H22FN5O3/c1-23-11-18(27-17(23)26)5-2-7-24(8-6-18)16(25)20-10-15-21-13-4-3-12(19)9-14(13)22-15/h3-4,9H,2,5-8,10-11H2,1H3,(H,20,25)(H,21,22)/t18-/m0/s1. The summed E-state index contributed by atoms with van der Waals surface area (Å²) in [4.78, 5) is 34.9. The smallest absolute Gasteiger partial charge is 0.410 e. The molecular formula is C18H22FN5O3. The van der Waals surface area contributed by atoms with E-state index >= 15 is 0 Å². The molecule has 0 radical (unpaired) electrons. The van der Waals surface area contributed by atoms with Gasteiger partial charge in [0.15, 0.2) is 0 Å². The summed E-state index contributed by atoms with van der Waals surface area (Å²) in [6, 6.07) is 4.14. The number of likely N-dealkylation sites (N-methyl/N-ethyl adjacent to an activating group) is 1. The Morgan fingerprint density at radius 1 is 1.41 bits per heavy atom. The number of halogens is 1. The van der Waals surface area contributed by atoms with E-state index in [0.29, 0.717) is 42.9 Å². The van der Waals surface area contributed by atoms with Gasteiger partial charge in [0.2, 0.25) is 0 Å². The maximum atomic E-state index is 13.3. The number of hydrogen-bond donors (Lipinski definition) is 2. The van der Waals surface area contributed by atoms with E-state index in [1.807, 2.05) is 0 Å². The Bertz CT molecular complexity index is 885. The zero-order valence-electron chi connectivity index (χ0n) is 15.1. The van der Waals surface area contributed by atoms with Crippen LogP contribution in [0.3, 0.4) is 0 Å². The molecule has 2 fully saturated rings. The zero-order valence-corrected chi connectivity index (χ0v) is 15.1. The van der Waals surface area contributed by atoms with E-state index < -0.39 is 5.60 Å². The number of nitrogens with one attached hydrogen (secondary N) is 2. The van der Waals surface area contributed by atoms with Crippen molar-refractivity contribution in [3.63, 3.8) is 0 Å². The number of aromatic amines is 1. The third kappa shape index (κ3) is 3.54. The number of ether oxygens (including phenoxy) is 1. The molecule has 2 N–H and O–H groups in total. The molecule has 0 bridgehead atoms. The summed E-state index contributed by atoms with van der Waals surface area (Å²) in [5.74, 6) is 0.236. The lowest BCUT2D eigenvalue weighted by atomic mass is 9.95. The number of amides is 3. The lowest BCUT2D eigenvalue weighted by molar-refractivity contribution is 0.0453. The fourth-order valence-electron chi connectivity index (χ4n) is 3.81. The van der Waals surface area contributed by atoms with E-state index in [1.165, 1.54) is 12.1 Å². The van der Waals surface area contributed by atoms with Crippen molar-refractivity contribution >= 4 is 23.2 Å². The Morgan fingerprint density at radius 2 is 2.26 bits per heavy atom. The Kier molecular flexibility index (Phi) is 4.37. The number of fused-ring (bicyclic) bond motifs is 1. The van der Waals surface area contributed by atoms with Gasteiger partial charge in [0.05, 0.1) is 24.1 Å². The summed E-state index contributed by atoms with van der Waals surface area (Å²) >= 11 is 0. The molecule has 2 saturated heterocycles. The number of likely N-dealkylation sites (tertiary alicyclic amines) is 1. The predicted molar refractivity (Wildman–Crippen MR) is 95.6 cm³/mol. The van der Waals surface area contributed by atoms with Crippen LogP contribution < -0.4 is 5.32 Å². The van der Waals surface area contributed by atoms with Crippen LogP contribution >= 0.6 is 0 Å². The Balaban J connectivity index is 1.35. The van der Waals surface area contributed by atoms with Crippen molar-refractivity contribution in [3.05, 3.63) is 29.8 Å². The SMILES string of the molecule is CN1C[C@@]2(CCCN(C(=O)NCc3nc4ccc(F)cc4[nH]3)CC2)OC1=O. The first-order valence-electron chi connectivity index (χ1n) is 9.05. The molecule has 0 unspecified atom stereocenters. The van der Waals surface area contributed by atoms with Crippen LogP contribution in [0.5, 0.6) is 0 Å². The summed E-state index contributed by atoms with van der Waals surface area (Å²) in [5.41, 5.74) is 0.775. The van der Waals surface area contributed by atoms with Crippen LogP contribution in [0.2, 0.25) is 0 Å². The molecule has 1 spiro atoms. The van der Waals surface area contributed by atoms with Crippen molar-refractivity contribution < 1.29 is 18.7 Å². The van der Waals surface area contributed by atoms with Gasteiger partial charge in [-0.1, -0.05) is 0 Å². The van der Waals surface area contributed by atoms with Gasteiger partial charge < -0.3 is 24.8 Å². The maximum absolute atomic E-state index is 13.3. The Labute approximate surface area is 155 Å². The van der Waals surface area contributed by atoms with E-state index in [0.717, 1.165) is 12.8 Å². The summed E-state index contributed by atoms with van der Waals surface area (Å²) in [5, 5.41) is 2.85. The second-order valence-corrected chi connectivity index (χ2v) is 7.25. The van der Waals surface area contributed by atoms with E-state index in [2.05, 4.69) is 15.3 Å². The Morgan fingerprint density at radius 3 is 3.04 bits per heavy atom. The molecule has 1 aromatic carbocycles. The highest BCUT2D eigenvalue weighted by atomic mass is 19.1. The minimum Gasteiger partial charge on any atom is -0.441 e. The highest BCUT2D eigenvalue weighted by Crippen LogP contribution is 2.32. The van der Waals surface area contributed by atoms with E-state index in [1.54, 1.807) is 22.9 Å². The van der Waals surface area contributed by atoms with E-state index in [-0.39, 0.29) is 24.5 Å². The zero-order chi connectivity index (χ0) is 19.0. The van der Waals surface area contributed by atoms with Crippen molar-refractivity contribution in [1.29, 1.82) is 0 Å². The average molecular weight is 375 g/mol. The van der Waals surface area contributed by atoms with Gasteiger partial charge in [-0.05, 0) is 31.0 Å². The normalized spacial score (nSPS) is 23.0. The average Bonchev–Trinajstić information content (AvgIpc) is 3.07. The largest absolute Gasteiger partial charge is 0.441 e. The highest BCUT2D eigenvalue weighted by molar-refractivity contribution is 5.76. The highest BCUT2D eigenvalue weighted by Gasteiger charge is 2.44. The number of hydrogen-bond acceptors (Lipinski definition) is 4. The summed E-state index contributed by atoms with van der Waals surface area (Å²) in [7, 11) is 1.73. The first-order chi connectivity index (χ1) is 12.9. The second kappa shape index (κ2) is 6.71. The molecule has 4 rings (SSSR count). The van der Waals surface area contributed by atoms with Gasteiger partial charge in [-0.15, -0.1) is 0 Å². The molecular weight excluding hydrogens is 353 g/mol. The fourth-order valence-corrected chi connectivity index (χ4v) is 3.81. The van der Waals surface area contributed by atoms with Gasteiger partial charge in [-0.25, -0.2) is 19.0 Å². The van der Waals surface area contributed by atoms with E-state index in [4.69, 9.17) is 4.74 Å². The van der Waals surface area contributed by atoms with E-state index in [9.17, 15) is 14.0 Å². The summed E-state index contributed by atoms with van der Waals surface area (Å²) < 4.78 is 18.8. The minimum atomic E-state index is -0.482. The molecule has 27 heavy (non-hydrogen) atoms. The van der Waals surface area contributed by atoms with Crippen molar-refractivity contribution in [3.8, 4) is 0 Å². The van der Waals surface area contributed by atoms with Gasteiger partial charge in [0.1, 0.15) is 17.2 Å². The lowest BCUT2D eigenvalue weighted by Crippen LogP contribution is -2.41. The molecule has 0 aliphatic carbocycles. The Hall–Kier alpha value is -2.84. The van der Waals surface area contributed by atoms with Crippen LogP contribution in [0, 0.1) is 5.82 Å². The first-order valence-corrected chi connectivity index (χ1v) is 9.05.